The molecule has 2 fully saturated rings. The zero-order chi connectivity index (χ0) is 17.8. The second kappa shape index (κ2) is 8.00. The number of hydrogen-bond acceptors (Lipinski definition) is 3. The van der Waals surface area contributed by atoms with Crippen molar-refractivity contribution in [2.75, 3.05) is 26.2 Å². The molecule has 2 amide bonds. The van der Waals surface area contributed by atoms with Crippen LogP contribution in [-0.4, -0.2) is 59.9 Å². The van der Waals surface area contributed by atoms with Crippen LogP contribution in [0.2, 0.25) is 0 Å². The van der Waals surface area contributed by atoms with E-state index in [9.17, 15) is 9.59 Å². The van der Waals surface area contributed by atoms with E-state index in [1.165, 1.54) is 0 Å². The molecule has 1 aromatic carbocycles. The van der Waals surface area contributed by atoms with Gasteiger partial charge in [-0.15, -0.1) is 0 Å². The average Bonchev–Trinajstić information content (AvgIpc) is 2.64. The van der Waals surface area contributed by atoms with Gasteiger partial charge in [-0.1, -0.05) is 30.3 Å². The van der Waals surface area contributed by atoms with Crippen LogP contribution >= 0.6 is 0 Å². The molecule has 0 radical (unpaired) electrons. The Morgan fingerprint density at radius 1 is 1.16 bits per heavy atom. The summed E-state index contributed by atoms with van der Waals surface area (Å²) in [6.07, 6.45) is 2.22. The number of nitrogens with one attached hydrogen (secondary N) is 1. The largest absolute Gasteiger partial charge is 0.342 e. The lowest BCUT2D eigenvalue weighted by molar-refractivity contribution is -0.143. The number of amides is 2. The van der Waals surface area contributed by atoms with Crippen molar-refractivity contribution < 1.29 is 9.59 Å². The van der Waals surface area contributed by atoms with Crippen LogP contribution in [-0.2, 0) is 16.0 Å². The van der Waals surface area contributed by atoms with Gasteiger partial charge in [-0.25, -0.2) is 0 Å². The fourth-order valence-corrected chi connectivity index (χ4v) is 3.89. The van der Waals surface area contributed by atoms with Crippen molar-refractivity contribution in [1.82, 2.24) is 15.1 Å². The van der Waals surface area contributed by atoms with Crippen LogP contribution in [0.25, 0.3) is 0 Å². The Bertz CT molecular complexity index is 604. The molecular weight excluding hydrogens is 314 g/mol. The number of nitrogens with zero attached hydrogens (tertiary/aromatic N) is 2. The quantitative estimate of drug-likeness (QED) is 0.908. The summed E-state index contributed by atoms with van der Waals surface area (Å²) in [5.74, 6) is 0.296. The number of carbonyl (C=O) groups is 2. The van der Waals surface area contributed by atoms with E-state index in [1.54, 1.807) is 0 Å². The van der Waals surface area contributed by atoms with Gasteiger partial charge in [0.2, 0.25) is 11.8 Å². The van der Waals surface area contributed by atoms with Crippen molar-refractivity contribution in [3.05, 3.63) is 35.9 Å². The minimum atomic E-state index is -0.0544. The number of benzene rings is 1. The highest BCUT2D eigenvalue weighted by Gasteiger charge is 2.35. The molecule has 0 bridgehead atoms. The van der Waals surface area contributed by atoms with Gasteiger partial charge in [0.05, 0.1) is 12.3 Å². The molecule has 3 atom stereocenters. The summed E-state index contributed by atoms with van der Waals surface area (Å²) in [6, 6.07) is 10.4. The molecule has 5 nitrogen and oxygen atoms in total. The molecule has 0 saturated carbocycles. The van der Waals surface area contributed by atoms with E-state index in [2.05, 4.69) is 19.2 Å². The van der Waals surface area contributed by atoms with Crippen LogP contribution in [0.4, 0.5) is 0 Å². The summed E-state index contributed by atoms with van der Waals surface area (Å²) in [6.45, 7) is 7.18. The highest BCUT2D eigenvalue weighted by molar-refractivity contribution is 5.82. The van der Waals surface area contributed by atoms with Gasteiger partial charge < -0.3 is 15.1 Å². The minimum absolute atomic E-state index is 0.0544. The highest BCUT2D eigenvalue weighted by Crippen LogP contribution is 2.22. The molecule has 5 heteroatoms. The molecule has 25 heavy (non-hydrogen) atoms. The molecule has 1 aromatic rings. The number of likely N-dealkylation sites (tertiary alicyclic amines) is 1. The molecule has 1 N–H and O–H groups in total. The maximum Gasteiger partial charge on any atom is 0.227 e. The first-order chi connectivity index (χ1) is 12.1. The predicted molar refractivity (Wildman–Crippen MR) is 98.1 cm³/mol. The predicted octanol–water partition coefficient (Wildman–Crippen LogP) is 1.68. The Kier molecular flexibility index (Phi) is 5.74. The fourth-order valence-electron chi connectivity index (χ4n) is 3.89. The lowest BCUT2D eigenvalue weighted by Crippen LogP contribution is -2.59. The first-order valence-corrected chi connectivity index (χ1v) is 9.42. The summed E-state index contributed by atoms with van der Waals surface area (Å²) in [5.41, 5.74) is 1.03. The molecular formula is C20H29N3O2. The van der Waals surface area contributed by atoms with E-state index in [0.29, 0.717) is 19.0 Å². The second-order valence-electron chi connectivity index (χ2n) is 7.36. The molecule has 2 heterocycles. The van der Waals surface area contributed by atoms with Crippen molar-refractivity contribution in [2.45, 2.75) is 45.2 Å². The zero-order valence-corrected chi connectivity index (χ0v) is 15.3. The van der Waals surface area contributed by atoms with E-state index in [4.69, 9.17) is 0 Å². The molecule has 0 spiro atoms. The standard InChI is InChI=1S/C20H29N3O2/c1-15-16(2)23(12-10-21-15)20(25)18-9-6-11-22(14-18)19(24)13-17-7-4-3-5-8-17/h3-5,7-8,15-16,18,21H,6,9-14H2,1-2H3. The summed E-state index contributed by atoms with van der Waals surface area (Å²) >= 11 is 0. The van der Waals surface area contributed by atoms with Gasteiger partial charge in [0, 0.05) is 38.3 Å². The van der Waals surface area contributed by atoms with E-state index >= 15 is 0 Å². The first kappa shape index (κ1) is 17.9. The lowest BCUT2D eigenvalue weighted by atomic mass is 9.94. The Hall–Kier alpha value is -1.88. The summed E-state index contributed by atoms with van der Waals surface area (Å²) in [7, 11) is 0. The summed E-state index contributed by atoms with van der Waals surface area (Å²) in [4.78, 5) is 29.5. The van der Waals surface area contributed by atoms with E-state index < -0.39 is 0 Å². The van der Waals surface area contributed by atoms with Gasteiger partial charge in [-0.2, -0.15) is 0 Å². The van der Waals surface area contributed by atoms with Crippen molar-refractivity contribution in [1.29, 1.82) is 0 Å². The topological polar surface area (TPSA) is 52.7 Å². The fraction of sp³-hybridized carbons (Fsp3) is 0.600. The number of hydrogen-bond donors (Lipinski definition) is 1. The van der Waals surface area contributed by atoms with Crippen LogP contribution in [0.1, 0.15) is 32.3 Å². The van der Waals surface area contributed by atoms with Gasteiger partial charge >= 0.3 is 0 Å². The number of carbonyl (C=O) groups excluding carboxylic acids is 2. The molecule has 136 valence electrons. The Balaban J connectivity index is 1.60. The third kappa shape index (κ3) is 4.21. The number of piperazine rings is 1. The van der Waals surface area contributed by atoms with Crippen molar-refractivity contribution in [3.8, 4) is 0 Å². The Morgan fingerprint density at radius 3 is 2.68 bits per heavy atom. The number of rotatable bonds is 3. The highest BCUT2D eigenvalue weighted by atomic mass is 16.2. The maximum absolute atomic E-state index is 13.0. The van der Waals surface area contributed by atoms with E-state index in [0.717, 1.165) is 38.0 Å². The average molecular weight is 343 g/mol. The molecule has 2 saturated heterocycles. The SMILES string of the molecule is CC1NCCN(C(=O)C2CCCN(C(=O)Cc3ccccc3)C2)C1C. The summed E-state index contributed by atoms with van der Waals surface area (Å²) < 4.78 is 0. The normalized spacial score (nSPS) is 27.2. The van der Waals surface area contributed by atoms with Crippen LogP contribution in [0, 0.1) is 5.92 Å². The molecule has 3 unspecified atom stereocenters. The third-order valence-corrected chi connectivity index (χ3v) is 5.64. The lowest BCUT2D eigenvalue weighted by Gasteiger charge is -2.42. The molecule has 3 rings (SSSR count). The Labute approximate surface area is 150 Å². The molecule has 2 aliphatic rings. The monoisotopic (exact) mass is 343 g/mol. The van der Waals surface area contributed by atoms with Crippen LogP contribution in [0.3, 0.4) is 0 Å². The zero-order valence-electron chi connectivity index (χ0n) is 15.3. The number of piperidine rings is 1. The van der Waals surface area contributed by atoms with Crippen molar-refractivity contribution in [3.63, 3.8) is 0 Å². The molecule has 0 aliphatic carbocycles. The van der Waals surface area contributed by atoms with Crippen molar-refractivity contribution >= 4 is 11.8 Å². The maximum atomic E-state index is 13.0. The molecule has 0 aromatic heterocycles. The second-order valence-corrected chi connectivity index (χ2v) is 7.36. The molecule has 2 aliphatic heterocycles. The first-order valence-electron chi connectivity index (χ1n) is 9.42. The third-order valence-electron chi connectivity index (χ3n) is 5.64. The van der Waals surface area contributed by atoms with Gasteiger partial charge in [-0.3, -0.25) is 9.59 Å². The van der Waals surface area contributed by atoms with Gasteiger partial charge in [0.1, 0.15) is 0 Å². The minimum Gasteiger partial charge on any atom is -0.342 e. The van der Waals surface area contributed by atoms with Gasteiger partial charge in [0.25, 0.3) is 0 Å². The van der Waals surface area contributed by atoms with Crippen LogP contribution < -0.4 is 5.32 Å². The van der Waals surface area contributed by atoms with E-state index in [1.807, 2.05) is 40.1 Å². The van der Waals surface area contributed by atoms with Gasteiger partial charge in [0.15, 0.2) is 0 Å². The van der Waals surface area contributed by atoms with Crippen LogP contribution in [0.5, 0.6) is 0 Å². The van der Waals surface area contributed by atoms with Gasteiger partial charge in [-0.05, 0) is 32.3 Å². The van der Waals surface area contributed by atoms with Crippen LogP contribution in [0.15, 0.2) is 30.3 Å². The summed E-state index contributed by atoms with van der Waals surface area (Å²) in [5, 5.41) is 3.42. The Morgan fingerprint density at radius 2 is 1.92 bits per heavy atom. The van der Waals surface area contributed by atoms with E-state index in [-0.39, 0.29) is 23.8 Å². The van der Waals surface area contributed by atoms with Crippen molar-refractivity contribution in [2.24, 2.45) is 5.92 Å². The smallest absolute Gasteiger partial charge is 0.227 e.